The van der Waals surface area contributed by atoms with E-state index in [9.17, 15) is 0 Å². The molecule has 0 fully saturated rings. The molecule has 13 heavy (non-hydrogen) atoms. The van der Waals surface area contributed by atoms with Gasteiger partial charge in [-0.15, -0.1) is 0 Å². The largest absolute Gasteiger partial charge is 0.358 e. The summed E-state index contributed by atoms with van der Waals surface area (Å²) < 4.78 is 6.13. The number of nitrogens with zero attached hydrogens (tertiary/aromatic N) is 1. The minimum absolute atomic E-state index is 0.119. The van der Waals surface area contributed by atoms with Gasteiger partial charge in [0.1, 0.15) is 5.52 Å². The molecular formula is C9H9BrN2O. The van der Waals surface area contributed by atoms with Crippen LogP contribution in [0, 0.1) is 0 Å². The van der Waals surface area contributed by atoms with Gasteiger partial charge in [0, 0.05) is 9.86 Å². The highest BCUT2D eigenvalue weighted by Gasteiger charge is 2.11. The minimum Gasteiger partial charge on any atom is -0.358 e. The fraction of sp³-hybridized carbons (Fsp3) is 0.222. The fourth-order valence-corrected chi connectivity index (χ4v) is 1.61. The number of rotatable bonds is 1. The third-order valence-corrected chi connectivity index (χ3v) is 2.37. The van der Waals surface area contributed by atoms with Crippen LogP contribution in [0.1, 0.15) is 18.7 Å². The highest BCUT2D eigenvalue weighted by molar-refractivity contribution is 9.10. The van der Waals surface area contributed by atoms with Gasteiger partial charge in [0.2, 0.25) is 0 Å². The molecule has 2 aromatic rings. The zero-order chi connectivity index (χ0) is 9.42. The predicted molar refractivity (Wildman–Crippen MR) is 54.3 cm³/mol. The third kappa shape index (κ3) is 1.47. The molecule has 1 aromatic carbocycles. The van der Waals surface area contributed by atoms with Crippen molar-refractivity contribution in [1.82, 2.24) is 5.16 Å². The Labute approximate surface area is 84.0 Å². The van der Waals surface area contributed by atoms with Crippen LogP contribution in [-0.4, -0.2) is 5.16 Å². The van der Waals surface area contributed by atoms with E-state index in [-0.39, 0.29) is 6.04 Å². The lowest BCUT2D eigenvalue weighted by atomic mass is 10.1. The molecule has 0 bridgehead atoms. The van der Waals surface area contributed by atoms with Crippen molar-refractivity contribution in [1.29, 1.82) is 0 Å². The van der Waals surface area contributed by atoms with Crippen LogP contribution < -0.4 is 5.73 Å². The van der Waals surface area contributed by atoms with Crippen LogP contribution in [0.3, 0.4) is 0 Å². The maximum Gasteiger partial charge on any atom is 0.160 e. The second-order valence-corrected chi connectivity index (χ2v) is 3.91. The van der Waals surface area contributed by atoms with E-state index in [0.717, 1.165) is 21.1 Å². The van der Waals surface area contributed by atoms with Crippen molar-refractivity contribution in [2.24, 2.45) is 5.73 Å². The molecule has 0 aliphatic carbocycles. The Hall–Kier alpha value is -0.870. The molecule has 68 valence electrons. The van der Waals surface area contributed by atoms with Crippen molar-refractivity contribution < 1.29 is 4.52 Å². The summed E-state index contributed by atoms with van der Waals surface area (Å²) in [5.74, 6) is 0.738. The Morgan fingerprint density at radius 1 is 1.54 bits per heavy atom. The van der Waals surface area contributed by atoms with Crippen molar-refractivity contribution in [2.45, 2.75) is 13.0 Å². The number of hydrogen-bond acceptors (Lipinski definition) is 3. The van der Waals surface area contributed by atoms with Gasteiger partial charge >= 0.3 is 0 Å². The van der Waals surface area contributed by atoms with Gasteiger partial charge in [-0.05, 0) is 25.1 Å². The SMILES string of the molecule is CC(N)c1onc2cc(Br)ccc12. The normalized spacial score (nSPS) is 13.5. The lowest BCUT2D eigenvalue weighted by Crippen LogP contribution is -2.03. The first-order chi connectivity index (χ1) is 6.18. The molecule has 0 amide bonds. The maximum atomic E-state index is 5.72. The van der Waals surface area contributed by atoms with E-state index in [1.54, 1.807) is 0 Å². The smallest absolute Gasteiger partial charge is 0.160 e. The summed E-state index contributed by atoms with van der Waals surface area (Å²) in [5.41, 5.74) is 6.55. The molecule has 0 aliphatic rings. The van der Waals surface area contributed by atoms with Crippen LogP contribution in [0.5, 0.6) is 0 Å². The second kappa shape index (κ2) is 3.12. The first-order valence-electron chi connectivity index (χ1n) is 3.99. The number of nitrogens with two attached hydrogens (primary N) is 1. The summed E-state index contributed by atoms with van der Waals surface area (Å²) in [6, 6.07) is 5.69. The van der Waals surface area contributed by atoms with E-state index < -0.39 is 0 Å². The summed E-state index contributed by atoms with van der Waals surface area (Å²) in [5, 5.41) is 4.90. The van der Waals surface area contributed by atoms with Crippen LogP contribution in [0.25, 0.3) is 10.9 Å². The van der Waals surface area contributed by atoms with Crippen molar-refractivity contribution >= 4 is 26.8 Å². The zero-order valence-corrected chi connectivity index (χ0v) is 8.71. The topological polar surface area (TPSA) is 52.0 Å². The first kappa shape index (κ1) is 8.72. The van der Waals surface area contributed by atoms with E-state index >= 15 is 0 Å². The van der Waals surface area contributed by atoms with Crippen molar-refractivity contribution in [3.8, 4) is 0 Å². The molecule has 4 heteroatoms. The highest BCUT2D eigenvalue weighted by atomic mass is 79.9. The summed E-state index contributed by atoms with van der Waals surface area (Å²) in [4.78, 5) is 0. The van der Waals surface area contributed by atoms with Crippen LogP contribution in [0.4, 0.5) is 0 Å². The van der Waals surface area contributed by atoms with Crippen molar-refractivity contribution in [3.05, 3.63) is 28.4 Å². The van der Waals surface area contributed by atoms with E-state index in [2.05, 4.69) is 21.1 Å². The monoisotopic (exact) mass is 240 g/mol. The Morgan fingerprint density at radius 2 is 2.31 bits per heavy atom. The summed E-state index contributed by atoms with van der Waals surface area (Å²) >= 11 is 3.37. The van der Waals surface area contributed by atoms with E-state index in [4.69, 9.17) is 10.3 Å². The number of halogens is 1. The molecule has 0 saturated heterocycles. The lowest BCUT2D eigenvalue weighted by molar-refractivity contribution is 0.375. The Balaban J connectivity index is 2.69. The van der Waals surface area contributed by atoms with Crippen LogP contribution in [-0.2, 0) is 0 Å². The van der Waals surface area contributed by atoms with Crippen LogP contribution >= 0.6 is 15.9 Å². The molecule has 2 N–H and O–H groups in total. The number of benzene rings is 1. The quantitative estimate of drug-likeness (QED) is 0.834. The molecular weight excluding hydrogens is 232 g/mol. The molecule has 2 rings (SSSR count). The standard InChI is InChI=1S/C9H9BrN2O/c1-5(11)9-7-3-2-6(10)4-8(7)12-13-9/h2-5H,11H2,1H3. The fourth-order valence-electron chi connectivity index (χ4n) is 1.26. The van der Waals surface area contributed by atoms with Gasteiger partial charge in [-0.2, -0.15) is 0 Å². The third-order valence-electron chi connectivity index (χ3n) is 1.88. The van der Waals surface area contributed by atoms with Gasteiger partial charge in [0.15, 0.2) is 5.76 Å². The van der Waals surface area contributed by atoms with Gasteiger partial charge < -0.3 is 10.3 Å². The molecule has 3 nitrogen and oxygen atoms in total. The van der Waals surface area contributed by atoms with Crippen molar-refractivity contribution in [3.63, 3.8) is 0 Å². The molecule has 0 spiro atoms. The van der Waals surface area contributed by atoms with E-state index in [1.165, 1.54) is 0 Å². The lowest BCUT2D eigenvalue weighted by Gasteiger charge is -1.98. The van der Waals surface area contributed by atoms with Crippen LogP contribution in [0.15, 0.2) is 27.2 Å². The van der Waals surface area contributed by atoms with E-state index in [0.29, 0.717) is 0 Å². The maximum absolute atomic E-state index is 5.72. The predicted octanol–water partition coefficient (Wildman–Crippen LogP) is 2.61. The average Bonchev–Trinajstić information content (AvgIpc) is 2.46. The molecule has 1 aromatic heterocycles. The molecule has 1 unspecified atom stereocenters. The van der Waals surface area contributed by atoms with Gasteiger partial charge in [0.05, 0.1) is 6.04 Å². The second-order valence-electron chi connectivity index (χ2n) is 3.00. The summed E-state index contributed by atoms with van der Waals surface area (Å²) in [6.07, 6.45) is 0. The molecule has 1 heterocycles. The van der Waals surface area contributed by atoms with Crippen LogP contribution in [0.2, 0.25) is 0 Å². The Bertz CT molecular complexity index is 436. The van der Waals surface area contributed by atoms with Gasteiger partial charge in [-0.1, -0.05) is 21.1 Å². The van der Waals surface area contributed by atoms with E-state index in [1.807, 2.05) is 25.1 Å². The minimum atomic E-state index is -0.119. The zero-order valence-electron chi connectivity index (χ0n) is 7.12. The molecule has 0 radical (unpaired) electrons. The van der Waals surface area contributed by atoms with Crippen molar-refractivity contribution in [2.75, 3.05) is 0 Å². The summed E-state index contributed by atoms with van der Waals surface area (Å²) in [7, 11) is 0. The van der Waals surface area contributed by atoms with Gasteiger partial charge in [0.25, 0.3) is 0 Å². The number of fused-ring (bicyclic) bond motifs is 1. The summed E-state index contributed by atoms with van der Waals surface area (Å²) in [6.45, 7) is 1.88. The molecule has 0 saturated carbocycles. The van der Waals surface area contributed by atoms with Gasteiger partial charge in [-0.3, -0.25) is 0 Å². The number of hydrogen-bond donors (Lipinski definition) is 1. The molecule has 1 atom stereocenters. The van der Waals surface area contributed by atoms with Gasteiger partial charge in [-0.25, -0.2) is 0 Å². The Morgan fingerprint density at radius 3 is 3.00 bits per heavy atom. The highest BCUT2D eigenvalue weighted by Crippen LogP contribution is 2.25. The first-order valence-corrected chi connectivity index (χ1v) is 4.78. The average molecular weight is 241 g/mol. The number of aromatic nitrogens is 1. The molecule has 0 aliphatic heterocycles. The Kier molecular flexibility index (Phi) is 2.09.